The summed E-state index contributed by atoms with van der Waals surface area (Å²) in [4.78, 5) is 2.47. The minimum absolute atomic E-state index is 0.0656. The standard InChI is InChI=1S/C12H24N2O/c1-5-14-7-6-10(8-14)15-12(3)9-11(12,2)13-4/h10,13H,5-9H2,1-4H3. The summed E-state index contributed by atoms with van der Waals surface area (Å²) in [5, 5.41) is 3.37. The van der Waals surface area contributed by atoms with Gasteiger partial charge in [0.25, 0.3) is 0 Å². The monoisotopic (exact) mass is 212 g/mol. The zero-order valence-corrected chi connectivity index (χ0v) is 10.5. The summed E-state index contributed by atoms with van der Waals surface area (Å²) in [7, 11) is 2.03. The van der Waals surface area contributed by atoms with Crippen LogP contribution in [0, 0.1) is 0 Å². The van der Waals surface area contributed by atoms with Gasteiger partial charge in [0.05, 0.1) is 11.7 Å². The van der Waals surface area contributed by atoms with Crippen molar-refractivity contribution in [1.29, 1.82) is 0 Å². The van der Waals surface area contributed by atoms with E-state index in [9.17, 15) is 0 Å². The van der Waals surface area contributed by atoms with Gasteiger partial charge in [0.1, 0.15) is 0 Å². The Morgan fingerprint density at radius 2 is 2.20 bits per heavy atom. The Kier molecular flexibility index (Phi) is 2.82. The summed E-state index contributed by atoms with van der Waals surface area (Å²) < 4.78 is 6.24. The van der Waals surface area contributed by atoms with Crippen LogP contribution in [0.3, 0.4) is 0 Å². The third kappa shape index (κ3) is 1.93. The lowest BCUT2D eigenvalue weighted by Crippen LogP contribution is -2.37. The molecule has 3 heteroatoms. The Balaban J connectivity index is 1.84. The smallest absolute Gasteiger partial charge is 0.0856 e. The maximum Gasteiger partial charge on any atom is 0.0856 e. The molecule has 1 aliphatic heterocycles. The molecule has 3 nitrogen and oxygen atoms in total. The van der Waals surface area contributed by atoms with Gasteiger partial charge >= 0.3 is 0 Å². The number of likely N-dealkylation sites (N-methyl/N-ethyl adjacent to an activating group) is 2. The maximum absolute atomic E-state index is 6.24. The molecule has 3 unspecified atom stereocenters. The molecular formula is C12H24N2O. The number of rotatable bonds is 4. The average molecular weight is 212 g/mol. The molecular weight excluding hydrogens is 188 g/mol. The van der Waals surface area contributed by atoms with E-state index in [1.807, 2.05) is 7.05 Å². The highest BCUT2D eigenvalue weighted by molar-refractivity contribution is 5.19. The van der Waals surface area contributed by atoms with Gasteiger partial charge in [-0.15, -0.1) is 0 Å². The third-order valence-corrected chi connectivity index (χ3v) is 4.39. The fraction of sp³-hybridized carbons (Fsp3) is 1.00. The van der Waals surface area contributed by atoms with Crippen molar-refractivity contribution in [2.45, 2.75) is 50.9 Å². The molecule has 1 saturated carbocycles. The average Bonchev–Trinajstić information content (AvgIpc) is 2.60. The van der Waals surface area contributed by atoms with E-state index in [2.05, 4.69) is 31.0 Å². The van der Waals surface area contributed by atoms with Crippen LogP contribution in [0.5, 0.6) is 0 Å². The minimum atomic E-state index is 0.0656. The van der Waals surface area contributed by atoms with Crippen molar-refractivity contribution in [3.05, 3.63) is 0 Å². The molecule has 0 aromatic rings. The van der Waals surface area contributed by atoms with Crippen LogP contribution in [0.1, 0.15) is 33.6 Å². The zero-order chi connectivity index (χ0) is 11.1. The van der Waals surface area contributed by atoms with Crippen molar-refractivity contribution in [1.82, 2.24) is 10.2 Å². The second kappa shape index (κ2) is 3.72. The predicted molar refractivity (Wildman–Crippen MR) is 62.1 cm³/mol. The van der Waals surface area contributed by atoms with Crippen LogP contribution >= 0.6 is 0 Å². The first-order valence-electron chi connectivity index (χ1n) is 6.12. The Hall–Kier alpha value is -0.120. The number of nitrogens with one attached hydrogen (secondary N) is 1. The molecule has 0 amide bonds. The molecule has 2 rings (SSSR count). The van der Waals surface area contributed by atoms with Gasteiger partial charge in [-0.1, -0.05) is 6.92 Å². The van der Waals surface area contributed by atoms with Gasteiger partial charge in [0.15, 0.2) is 0 Å². The normalized spacial score (nSPS) is 46.0. The number of hydrogen-bond acceptors (Lipinski definition) is 3. The lowest BCUT2D eigenvalue weighted by atomic mass is 10.2. The summed E-state index contributed by atoms with van der Waals surface area (Å²) in [6, 6.07) is 0. The Labute approximate surface area is 93.2 Å². The van der Waals surface area contributed by atoms with Crippen molar-refractivity contribution >= 4 is 0 Å². The third-order valence-electron chi connectivity index (χ3n) is 4.39. The summed E-state index contributed by atoms with van der Waals surface area (Å²) in [6.07, 6.45) is 2.78. The van der Waals surface area contributed by atoms with Crippen LogP contribution in [-0.2, 0) is 4.74 Å². The van der Waals surface area contributed by atoms with Gasteiger partial charge in [0.2, 0.25) is 0 Å². The molecule has 0 aromatic heterocycles. The molecule has 1 heterocycles. The molecule has 3 atom stereocenters. The molecule has 0 aromatic carbocycles. The van der Waals surface area contributed by atoms with Crippen LogP contribution < -0.4 is 5.32 Å². The molecule has 0 bridgehead atoms. The minimum Gasteiger partial charge on any atom is -0.369 e. The molecule has 15 heavy (non-hydrogen) atoms. The molecule has 2 fully saturated rings. The van der Waals surface area contributed by atoms with Gasteiger partial charge in [-0.25, -0.2) is 0 Å². The second-order valence-electron chi connectivity index (χ2n) is 5.41. The largest absolute Gasteiger partial charge is 0.369 e. The van der Waals surface area contributed by atoms with Gasteiger partial charge in [-0.3, -0.25) is 0 Å². The number of ether oxygens (including phenoxy) is 1. The van der Waals surface area contributed by atoms with E-state index in [4.69, 9.17) is 4.74 Å². The van der Waals surface area contributed by atoms with Crippen molar-refractivity contribution in [3.63, 3.8) is 0 Å². The topological polar surface area (TPSA) is 24.5 Å². The van der Waals surface area contributed by atoms with Crippen LogP contribution in [0.25, 0.3) is 0 Å². The maximum atomic E-state index is 6.24. The summed E-state index contributed by atoms with van der Waals surface area (Å²) in [5.41, 5.74) is 0.267. The highest BCUT2D eigenvalue weighted by atomic mass is 16.5. The Morgan fingerprint density at radius 1 is 1.47 bits per heavy atom. The van der Waals surface area contributed by atoms with E-state index >= 15 is 0 Å². The molecule has 88 valence electrons. The molecule has 0 radical (unpaired) electrons. The van der Waals surface area contributed by atoms with Crippen molar-refractivity contribution in [2.24, 2.45) is 0 Å². The second-order valence-corrected chi connectivity index (χ2v) is 5.41. The molecule has 1 N–H and O–H groups in total. The van der Waals surface area contributed by atoms with Crippen molar-refractivity contribution < 1.29 is 4.74 Å². The first kappa shape index (κ1) is 11.4. The molecule has 1 aliphatic carbocycles. The number of nitrogens with zero attached hydrogens (tertiary/aromatic N) is 1. The van der Waals surface area contributed by atoms with Crippen LogP contribution in [0.4, 0.5) is 0 Å². The highest BCUT2D eigenvalue weighted by Crippen LogP contribution is 2.51. The first-order chi connectivity index (χ1) is 7.03. The predicted octanol–water partition coefficient (Wildman–Crippen LogP) is 1.24. The van der Waals surface area contributed by atoms with E-state index in [-0.39, 0.29) is 11.1 Å². The lowest BCUT2D eigenvalue weighted by Gasteiger charge is -2.23. The lowest BCUT2D eigenvalue weighted by molar-refractivity contribution is -0.0281. The number of hydrogen-bond donors (Lipinski definition) is 1. The van der Waals surface area contributed by atoms with Crippen LogP contribution in [0.2, 0.25) is 0 Å². The van der Waals surface area contributed by atoms with Gasteiger partial charge in [-0.05, 0) is 40.3 Å². The van der Waals surface area contributed by atoms with Gasteiger partial charge < -0.3 is 15.0 Å². The van der Waals surface area contributed by atoms with Gasteiger partial charge in [-0.2, -0.15) is 0 Å². The summed E-state index contributed by atoms with van der Waals surface area (Å²) >= 11 is 0. The van der Waals surface area contributed by atoms with E-state index < -0.39 is 0 Å². The fourth-order valence-electron chi connectivity index (χ4n) is 2.70. The molecule has 0 spiro atoms. The summed E-state index contributed by atoms with van der Waals surface area (Å²) in [5.74, 6) is 0. The molecule has 1 saturated heterocycles. The van der Waals surface area contributed by atoms with Crippen LogP contribution in [-0.4, -0.2) is 48.8 Å². The van der Waals surface area contributed by atoms with E-state index in [1.165, 1.54) is 13.0 Å². The van der Waals surface area contributed by atoms with E-state index in [0.29, 0.717) is 6.10 Å². The summed E-state index contributed by atoms with van der Waals surface area (Å²) in [6.45, 7) is 10.2. The fourth-order valence-corrected chi connectivity index (χ4v) is 2.70. The van der Waals surface area contributed by atoms with E-state index in [1.54, 1.807) is 0 Å². The van der Waals surface area contributed by atoms with Crippen molar-refractivity contribution in [2.75, 3.05) is 26.7 Å². The highest BCUT2D eigenvalue weighted by Gasteiger charge is 2.62. The SMILES string of the molecule is CCN1CCC(OC2(C)CC2(C)NC)C1. The van der Waals surface area contributed by atoms with Crippen molar-refractivity contribution in [3.8, 4) is 0 Å². The van der Waals surface area contributed by atoms with E-state index in [0.717, 1.165) is 19.5 Å². The van der Waals surface area contributed by atoms with Gasteiger partial charge in [0, 0.05) is 18.6 Å². The number of likely N-dealkylation sites (tertiary alicyclic amines) is 1. The molecule has 2 aliphatic rings. The Morgan fingerprint density at radius 3 is 2.67 bits per heavy atom. The quantitative estimate of drug-likeness (QED) is 0.759. The Bertz CT molecular complexity index is 246. The first-order valence-corrected chi connectivity index (χ1v) is 6.12. The van der Waals surface area contributed by atoms with Crippen LogP contribution in [0.15, 0.2) is 0 Å². The zero-order valence-electron chi connectivity index (χ0n) is 10.5.